The van der Waals surface area contributed by atoms with E-state index in [1.54, 1.807) is 12.1 Å². The van der Waals surface area contributed by atoms with E-state index in [-0.39, 0.29) is 0 Å². The fourth-order valence-corrected chi connectivity index (χ4v) is 0.796. The van der Waals surface area contributed by atoms with Crippen LogP contribution in [0.5, 0.6) is 0 Å². The number of aryl methyl sites for hydroxylation is 1. The number of carbonyl (C=O) groups is 1. The summed E-state index contributed by atoms with van der Waals surface area (Å²) in [6.07, 6.45) is 0. The maximum atomic E-state index is 10.6. The number of nitrogens with one attached hydrogen (secondary N) is 1. The van der Waals surface area contributed by atoms with Crippen LogP contribution in [0, 0.1) is 18.3 Å². The average Bonchev–Trinajstić information content (AvgIpc) is 2.09. The van der Waals surface area contributed by atoms with Crippen LogP contribution in [-0.2, 0) is 4.79 Å². The van der Waals surface area contributed by atoms with Gasteiger partial charge in [-0.3, -0.25) is 4.79 Å². The van der Waals surface area contributed by atoms with E-state index in [1.807, 2.05) is 19.1 Å². The van der Waals surface area contributed by atoms with Crippen LogP contribution in [0.4, 0.5) is 5.69 Å². The number of nitrogens with zero attached hydrogens (tertiary/aromatic N) is 1. The number of hydrogen-bond acceptors (Lipinski definition) is 2. The lowest BCUT2D eigenvalue weighted by Crippen LogP contribution is -2.07. The Labute approximate surface area is 70.6 Å². The van der Waals surface area contributed by atoms with Gasteiger partial charge in [0.25, 0.3) is 0 Å². The fourth-order valence-electron chi connectivity index (χ4n) is 0.796. The molecule has 3 nitrogen and oxygen atoms in total. The van der Waals surface area contributed by atoms with Gasteiger partial charge in [-0.05, 0) is 19.1 Å². The minimum atomic E-state index is -0.640. The molecule has 3 heteroatoms. The summed E-state index contributed by atoms with van der Waals surface area (Å²) in [6, 6.07) is 8.72. The molecule has 0 aliphatic heterocycles. The molecule has 0 bridgehead atoms. The fraction of sp³-hybridized carbons (Fsp3) is 0.111. The highest BCUT2D eigenvalue weighted by Gasteiger charge is 1.97. The standard InChI is InChI=1S/C9H8N2O/c1-7-2-4-8(5-3-7)11-9(12)6-10/h2-5H,1H3,(H,11,12). The van der Waals surface area contributed by atoms with Crippen molar-refractivity contribution >= 4 is 11.6 Å². The lowest BCUT2D eigenvalue weighted by molar-refractivity contribution is -0.111. The van der Waals surface area contributed by atoms with Crippen molar-refractivity contribution in [3.63, 3.8) is 0 Å². The molecular formula is C9H8N2O. The normalized spacial score (nSPS) is 8.67. The van der Waals surface area contributed by atoms with Gasteiger partial charge in [0.2, 0.25) is 0 Å². The predicted octanol–water partition coefficient (Wildman–Crippen LogP) is 1.46. The number of nitriles is 1. The number of anilines is 1. The summed E-state index contributed by atoms with van der Waals surface area (Å²) < 4.78 is 0. The summed E-state index contributed by atoms with van der Waals surface area (Å²) in [4.78, 5) is 10.6. The van der Waals surface area contributed by atoms with Gasteiger partial charge in [0.15, 0.2) is 6.07 Å². The maximum Gasteiger partial charge on any atom is 0.326 e. The highest BCUT2D eigenvalue weighted by molar-refractivity contribution is 6.02. The largest absolute Gasteiger partial charge is 0.326 e. The number of rotatable bonds is 1. The number of amides is 1. The highest BCUT2D eigenvalue weighted by atomic mass is 16.1. The van der Waals surface area contributed by atoms with Gasteiger partial charge in [0.1, 0.15) is 0 Å². The van der Waals surface area contributed by atoms with Crippen molar-refractivity contribution in [1.82, 2.24) is 0 Å². The summed E-state index contributed by atoms with van der Waals surface area (Å²) in [5.41, 5.74) is 1.76. The molecule has 12 heavy (non-hydrogen) atoms. The molecule has 0 saturated heterocycles. The Morgan fingerprint density at radius 1 is 1.42 bits per heavy atom. The van der Waals surface area contributed by atoms with Crippen molar-refractivity contribution in [3.8, 4) is 6.07 Å². The molecule has 0 heterocycles. The molecule has 0 spiro atoms. The Bertz CT molecular complexity index is 321. The molecule has 0 atom stereocenters. The Kier molecular flexibility index (Phi) is 2.44. The Balaban J connectivity index is 2.73. The van der Waals surface area contributed by atoms with Crippen molar-refractivity contribution < 1.29 is 4.79 Å². The predicted molar refractivity (Wildman–Crippen MR) is 45.4 cm³/mol. The second-order valence-electron chi connectivity index (χ2n) is 2.43. The van der Waals surface area contributed by atoms with E-state index in [2.05, 4.69) is 5.32 Å². The smallest absolute Gasteiger partial charge is 0.313 e. The minimum absolute atomic E-state index is 0.640. The van der Waals surface area contributed by atoms with E-state index < -0.39 is 5.91 Å². The number of benzene rings is 1. The van der Waals surface area contributed by atoms with Crippen LogP contribution < -0.4 is 5.32 Å². The van der Waals surface area contributed by atoms with Gasteiger partial charge in [-0.2, -0.15) is 5.26 Å². The third-order valence-corrected chi connectivity index (χ3v) is 1.41. The molecule has 0 unspecified atom stereocenters. The molecule has 0 radical (unpaired) electrons. The van der Waals surface area contributed by atoms with E-state index in [4.69, 9.17) is 5.26 Å². The van der Waals surface area contributed by atoms with Crippen LogP contribution in [-0.4, -0.2) is 5.91 Å². The Morgan fingerprint density at radius 2 is 2.00 bits per heavy atom. The van der Waals surface area contributed by atoms with E-state index in [1.165, 1.54) is 6.07 Å². The zero-order valence-electron chi connectivity index (χ0n) is 6.66. The Hall–Kier alpha value is -1.82. The molecule has 60 valence electrons. The Morgan fingerprint density at radius 3 is 2.50 bits per heavy atom. The van der Waals surface area contributed by atoms with E-state index in [0.29, 0.717) is 5.69 Å². The zero-order valence-corrected chi connectivity index (χ0v) is 6.66. The van der Waals surface area contributed by atoms with E-state index in [9.17, 15) is 4.79 Å². The highest BCUT2D eigenvalue weighted by Crippen LogP contribution is 2.07. The van der Waals surface area contributed by atoms with Gasteiger partial charge in [0, 0.05) is 5.69 Å². The van der Waals surface area contributed by atoms with Crippen molar-refractivity contribution in [3.05, 3.63) is 29.8 Å². The van der Waals surface area contributed by atoms with Gasteiger partial charge in [-0.25, -0.2) is 0 Å². The maximum absolute atomic E-state index is 10.6. The van der Waals surface area contributed by atoms with E-state index in [0.717, 1.165) is 5.56 Å². The summed E-state index contributed by atoms with van der Waals surface area (Å²) in [6.45, 7) is 1.95. The monoisotopic (exact) mass is 160 g/mol. The van der Waals surface area contributed by atoms with Crippen molar-refractivity contribution in [2.24, 2.45) is 0 Å². The van der Waals surface area contributed by atoms with Gasteiger partial charge >= 0.3 is 5.91 Å². The van der Waals surface area contributed by atoms with Crippen LogP contribution >= 0.6 is 0 Å². The summed E-state index contributed by atoms with van der Waals surface area (Å²) in [7, 11) is 0. The number of carbonyl (C=O) groups excluding carboxylic acids is 1. The van der Waals surface area contributed by atoms with Crippen molar-refractivity contribution in [2.45, 2.75) is 6.92 Å². The molecule has 1 amide bonds. The van der Waals surface area contributed by atoms with Gasteiger partial charge in [-0.15, -0.1) is 0 Å². The molecule has 1 aromatic carbocycles. The van der Waals surface area contributed by atoms with Crippen molar-refractivity contribution in [2.75, 3.05) is 5.32 Å². The first-order valence-electron chi connectivity index (χ1n) is 3.50. The quantitative estimate of drug-likeness (QED) is 0.632. The molecule has 0 saturated carbocycles. The van der Waals surface area contributed by atoms with Gasteiger partial charge in [-0.1, -0.05) is 17.7 Å². The summed E-state index contributed by atoms with van der Waals surface area (Å²) in [5, 5.41) is 10.6. The second-order valence-corrected chi connectivity index (χ2v) is 2.43. The molecule has 0 fully saturated rings. The van der Waals surface area contributed by atoms with Crippen LogP contribution in [0.2, 0.25) is 0 Å². The third-order valence-electron chi connectivity index (χ3n) is 1.41. The molecule has 0 aromatic heterocycles. The third kappa shape index (κ3) is 2.10. The van der Waals surface area contributed by atoms with Crippen molar-refractivity contribution in [1.29, 1.82) is 5.26 Å². The van der Waals surface area contributed by atoms with Crippen LogP contribution in [0.3, 0.4) is 0 Å². The first kappa shape index (κ1) is 8.28. The van der Waals surface area contributed by atoms with Crippen LogP contribution in [0.25, 0.3) is 0 Å². The summed E-state index contributed by atoms with van der Waals surface area (Å²) >= 11 is 0. The first-order valence-corrected chi connectivity index (χ1v) is 3.50. The molecule has 1 aromatic rings. The first-order chi connectivity index (χ1) is 5.72. The molecule has 0 aliphatic carbocycles. The second kappa shape index (κ2) is 3.54. The van der Waals surface area contributed by atoms with Crippen LogP contribution in [0.15, 0.2) is 24.3 Å². The zero-order chi connectivity index (χ0) is 8.97. The molecule has 0 aliphatic rings. The van der Waals surface area contributed by atoms with Crippen LogP contribution in [0.1, 0.15) is 5.56 Å². The molecule has 1 rings (SSSR count). The lowest BCUT2D eigenvalue weighted by atomic mass is 10.2. The van der Waals surface area contributed by atoms with E-state index >= 15 is 0 Å². The molecule has 1 N–H and O–H groups in total. The molecular weight excluding hydrogens is 152 g/mol. The summed E-state index contributed by atoms with van der Waals surface area (Å²) in [5.74, 6) is -0.640. The van der Waals surface area contributed by atoms with Gasteiger partial charge in [0.05, 0.1) is 0 Å². The average molecular weight is 160 g/mol. The number of hydrogen-bond donors (Lipinski definition) is 1. The minimum Gasteiger partial charge on any atom is -0.313 e. The lowest BCUT2D eigenvalue weighted by Gasteiger charge is -1.99. The topological polar surface area (TPSA) is 52.9 Å². The SMILES string of the molecule is Cc1ccc(NC(=O)C#N)cc1. The van der Waals surface area contributed by atoms with Gasteiger partial charge < -0.3 is 5.32 Å².